The summed E-state index contributed by atoms with van der Waals surface area (Å²) in [6.45, 7) is 1.48. The quantitative estimate of drug-likeness (QED) is 0.630. The van der Waals surface area contributed by atoms with Gasteiger partial charge in [-0.05, 0) is 10.8 Å². The molecule has 0 spiro atoms. The topological polar surface area (TPSA) is 71.4 Å². The molecule has 0 unspecified atom stereocenters. The van der Waals surface area contributed by atoms with Gasteiger partial charge in [0.05, 0.1) is 5.75 Å². The van der Waals surface area contributed by atoms with Crippen LogP contribution in [-0.4, -0.2) is 31.0 Å². The fraction of sp³-hybridized carbons (Fsp3) is 0.750. The Morgan fingerprint density at radius 2 is 2.10 bits per heavy atom. The van der Waals surface area contributed by atoms with E-state index < -0.39 is 14.8 Å². The van der Waals surface area contributed by atoms with Crippen molar-refractivity contribution in [3.05, 3.63) is 0 Å². The lowest BCUT2D eigenvalue weighted by molar-refractivity contribution is -0.133. The highest BCUT2D eigenvalue weighted by molar-refractivity contribution is 8.72. The molecule has 10 heavy (non-hydrogen) atoms. The maximum atomic E-state index is 10.6. The summed E-state index contributed by atoms with van der Waals surface area (Å²) in [6, 6.07) is 0. The number of carboxylic acid groups (broad SMARTS) is 1. The second-order valence-corrected chi connectivity index (χ2v) is 5.95. The first-order valence-corrected chi connectivity index (χ1v) is 5.72. The first-order chi connectivity index (χ1) is 4.48. The van der Waals surface area contributed by atoms with Gasteiger partial charge in [-0.1, -0.05) is 6.92 Å². The molecule has 0 aliphatic carbocycles. The van der Waals surface area contributed by atoms with Gasteiger partial charge < -0.3 is 5.11 Å². The van der Waals surface area contributed by atoms with Gasteiger partial charge in [-0.3, -0.25) is 4.79 Å². The van der Waals surface area contributed by atoms with Gasteiger partial charge in [0.15, 0.2) is 0 Å². The molecule has 0 fully saturated rings. The molecule has 0 bridgehead atoms. The van der Waals surface area contributed by atoms with E-state index in [0.717, 1.165) is 0 Å². The van der Waals surface area contributed by atoms with Crippen molar-refractivity contribution in [3.8, 4) is 0 Å². The Balaban J connectivity index is 3.81. The van der Waals surface area contributed by atoms with Gasteiger partial charge in [-0.15, -0.1) is 0 Å². The highest BCUT2D eigenvalue weighted by Crippen LogP contribution is 2.11. The Morgan fingerprint density at radius 1 is 1.60 bits per heavy atom. The summed E-state index contributed by atoms with van der Waals surface area (Å²) in [5.41, 5.74) is 0. The van der Waals surface area contributed by atoms with E-state index >= 15 is 0 Å². The molecule has 0 aromatic rings. The molecule has 60 valence electrons. The molecule has 0 amide bonds. The molecule has 0 saturated heterocycles. The van der Waals surface area contributed by atoms with Crippen LogP contribution in [0.15, 0.2) is 0 Å². The highest BCUT2D eigenvalue weighted by Gasteiger charge is 2.09. The van der Waals surface area contributed by atoms with Crippen LogP contribution in [0.4, 0.5) is 0 Å². The van der Waals surface area contributed by atoms with Crippen molar-refractivity contribution in [2.45, 2.75) is 6.92 Å². The average Bonchev–Trinajstić information content (AvgIpc) is 1.85. The van der Waals surface area contributed by atoms with Gasteiger partial charge in [-0.2, -0.15) is 0 Å². The van der Waals surface area contributed by atoms with E-state index in [9.17, 15) is 13.2 Å². The number of carbonyl (C=O) groups is 1. The van der Waals surface area contributed by atoms with Crippen LogP contribution in [0.3, 0.4) is 0 Å². The molecule has 0 atom stereocenters. The lowest BCUT2D eigenvalue weighted by Crippen LogP contribution is -2.04. The van der Waals surface area contributed by atoms with Gasteiger partial charge in [0.1, 0.15) is 5.75 Å². The van der Waals surface area contributed by atoms with E-state index in [1.807, 2.05) is 0 Å². The predicted molar refractivity (Wildman–Crippen MR) is 39.6 cm³/mol. The van der Waals surface area contributed by atoms with E-state index in [-0.39, 0.29) is 11.5 Å². The monoisotopic (exact) mass is 184 g/mol. The number of carboxylic acids is 1. The third-order valence-corrected chi connectivity index (χ3v) is 4.28. The SMILES string of the molecule is CCS(=O)(=O)SCC(=O)O. The fourth-order valence-electron chi connectivity index (χ4n) is 0.224. The minimum atomic E-state index is -3.18. The summed E-state index contributed by atoms with van der Waals surface area (Å²) in [7, 11) is -2.72. The van der Waals surface area contributed by atoms with Crippen molar-refractivity contribution in [1.82, 2.24) is 0 Å². The van der Waals surface area contributed by atoms with Crippen LogP contribution in [0.2, 0.25) is 0 Å². The number of hydrogen-bond donors (Lipinski definition) is 1. The van der Waals surface area contributed by atoms with Crippen LogP contribution < -0.4 is 0 Å². The van der Waals surface area contributed by atoms with Gasteiger partial charge in [-0.25, -0.2) is 8.42 Å². The van der Waals surface area contributed by atoms with Crippen molar-refractivity contribution in [2.75, 3.05) is 11.5 Å². The minimum Gasteiger partial charge on any atom is -0.481 e. The molecular formula is C4H8O4S2. The van der Waals surface area contributed by atoms with Crippen molar-refractivity contribution < 1.29 is 18.3 Å². The van der Waals surface area contributed by atoms with E-state index in [4.69, 9.17) is 5.11 Å². The van der Waals surface area contributed by atoms with Crippen molar-refractivity contribution in [1.29, 1.82) is 0 Å². The molecule has 0 heterocycles. The van der Waals surface area contributed by atoms with E-state index in [0.29, 0.717) is 10.8 Å². The lowest BCUT2D eigenvalue weighted by atomic mass is 10.8. The second kappa shape index (κ2) is 3.82. The highest BCUT2D eigenvalue weighted by atomic mass is 33.1. The zero-order valence-corrected chi connectivity index (χ0v) is 7.04. The Kier molecular flexibility index (Phi) is 3.73. The zero-order valence-electron chi connectivity index (χ0n) is 5.40. The molecule has 0 rings (SSSR count). The molecule has 6 heteroatoms. The molecule has 1 N–H and O–H groups in total. The normalized spacial score (nSPS) is 11.3. The predicted octanol–water partition coefficient (Wildman–Crippen LogP) is 0.154. The van der Waals surface area contributed by atoms with Gasteiger partial charge in [0, 0.05) is 0 Å². The molecular weight excluding hydrogens is 176 g/mol. The smallest absolute Gasteiger partial charge is 0.314 e. The van der Waals surface area contributed by atoms with Crippen LogP contribution in [0, 0.1) is 0 Å². The minimum absolute atomic E-state index is 0.0229. The van der Waals surface area contributed by atoms with E-state index in [2.05, 4.69) is 0 Å². The van der Waals surface area contributed by atoms with Crippen molar-refractivity contribution >= 4 is 25.6 Å². The second-order valence-electron chi connectivity index (χ2n) is 1.50. The lowest BCUT2D eigenvalue weighted by Gasteiger charge is -1.94. The molecule has 0 aliphatic heterocycles. The van der Waals surface area contributed by atoms with Crippen molar-refractivity contribution in [3.63, 3.8) is 0 Å². The van der Waals surface area contributed by atoms with Crippen LogP contribution in [-0.2, 0) is 13.7 Å². The van der Waals surface area contributed by atoms with E-state index in [1.165, 1.54) is 6.92 Å². The molecule has 0 radical (unpaired) electrons. The first kappa shape index (κ1) is 9.77. The first-order valence-electron chi connectivity index (χ1n) is 2.57. The molecule has 0 aromatic carbocycles. The maximum Gasteiger partial charge on any atom is 0.314 e. The summed E-state index contributed by atoms with van der Waals surface area (Å²) >= 11 is 0. The third kappa shape index (κ3) is 4.63. The Morgan fingerprint density at radius 3 is 2.40 bits per heavy atom. The maximum absolute atomic E-state index is 10.6. The molecule has 0 aromatic heterocycles. The molecule has 4 nitrogen and oxygen atoms in total. The van der Waals surface area contributed by atoms with Crippen LogP contribution >= 0.6 is 10.8 Å². The number of hydrogen-bond acceptors (Lipinski definition) is 4. The molecule has 0 saturated carbocycles. The number of aliphatic carboxylic acids is 1. The summed E-state index contributed by atoms with van der Waals surface area (Å²) in [5.74, 6) is -1.51. The van der Waals surface area contributed by atoms with Gasteiger partial charge in [0.25, 0.3) is 0 Å². The number of rotatable bonds is 4. The summed E-state index contributed by atoms with van der Waals surface area (Å²) in [6.07, 6.45) is 0. The third-order valence-electron chi connectivity index (χ3n) is 0.716. The fourth-order valence-corrected chi connectivity index (χ4v) is 2.01. The standard InChI is InChI=1S/C4H8O4S2/c1-2-10(7,8)9-3-4(5)6/h2-3H2,1H3,(H,5,6). The Hall–Kier alpha value is -0.230. The van der Waals surface area contributed by atoms with Crippen molar-refractivity contribution in [2.24, 2.45) is 0 Å². The summed E-state index contributed by atoms with van der Waals surface area (Å²) < 4.78 is 21.2. The zero-order chi connectivity index (χ0) is 8.20. The Labute approximate surface area is 62.9 Å². The van der Waals surface area contributed by atoms with Crippen LogP contribution in [0.25, 0.3) is 0 Å². The van der Waals surface area contributed by atoms with Crippen LogP contribution in [0.5, 0.6) is 0 Å². The van der Waals surface area contributed by atoms with Gasteiger partial charge in [0.2, 0.25) is 8.87 Å². The van der Waals surface area contributed by atoms with E-state index in [1.54, 1.807) is 0 Å². The largest absolute Gasteiger partial charge is 0.481 e. The summed E-state index contributed by atoms with van der Waals surface area (Å²) in [4.78, 5) is 9.88. The van der Waals surface area contributed by atoms with Crippen LogP contribution in [0.1, 0.15) is 6.92 Å². The average molecular weight is 184 g/mol. The Bertz CT molecular complexity index is 205. The molecule has 0 aliphatic rings. The summed E-state index contributed by atoms with van der Waals surface area (Å²) in [5, 5.41) is 8.09. The van der Waals surface area contributed by atoms with Gasteiger partial charge >= 0.3 is 5.97 Å².